The number of sulfonamides is 1. The lowest BCUT2D eigenvalue weighted by Crippen LogP contribution is -2.42. The number of nitrogens with zero attached hydrogens (tertiary/aromatic N) is 1. The Morgan fingerprint density at radius 1 is 1.19 bits per heavy atom. The molecule has 2 aromatic rings. The summed E-state index contributed by atoms with van der Waals surface area (Å²) in [6, 6.07) is 15.1. The van der Waals surface area contributed by atoms with Crippen LogP contribution in [-0.2, 0) is 21.3 Å². The minimum atomic E-state index is -3.73. The second-order valence-corrected chi connectivity index (χ2v) is 9.43. The van der Waals surface area contributed by atoms with E-state index in [-0.39, 0.29) is 35.0 Å². The van der Waals surface area contributed by atoms with Crippen LogP contribution in [0.25, 0.3) is 0 Å². The summed E-state index contributed by atoms with van der Waals surface area (Å²) < 4.78 is 29.3. The monoisotopic (exact) mass is 572 g/mol. The first kappa shape index (κ1) is 26.6. The molecule has 1 heterocycles. The highest BCUT2D eigenvalue weighted by molar-refractivity contribution is 14.0. The van der Waals surface area contributed by atoms with Gasteiger partial charge in [-0.15, -0.1) is 24.0 Å². The Balaban J connectivity index is 0.00000363. The first-order chi connectivity index (χ1) is 14.9. The van der Waals surface area contributed by atoms with Crippen LogP contribution in [0.3, 0.4) is 0 Å². The lowest BCUT2D eigenvalue weighted by atomic mass is 9.89. The number of guanidine groups is 1. The highest BCUT2D eigenvalue weighted by Crippen LogP contribution is 2.33. The van der Waals surface area contributed by atoms with E-state index in [9.17, 15) is 8.42 Å². The molecule has 2 unspecified atom stereocenters. The van der Waals surface area contributed by atoms with E-state index in [0.717, 1.165) is 38.1 Å². The lowest BCUT2D eigenvalue weighted by Gasteiger charge is -2.32. The SMILES string of the molecule is CCNC(=NCc1cccc(S(N)(=O)=O)c1)NCC1CCCOC1c1ccc(C)cc1.I. The molecule has 1 saturated heterocycles. The number of nitrogens with one attached hydrogen (secondary N) is 2. The molecule has 0 aliphatic carbocycles. The Kier molecular flexibility index (Phi) is 10.4. The van der Waals surface area contributed by atoms with E-state index in [1.54, 1.807) is 12.1 Å². The van der Waals surface area contributed by atoms with Crippen LogP contribution in [-0.4, -0.2) is 34.1 Å². The summed E-state index contributed by atoms with van der Waals surface area (Å²) in [7, 11) is -3.73. The minimum absolute atomic E-state index is 0. The van der Waals surface area contributed by atoms with Crippen molar-refractivity contribution in [3.63, 3.8) is 0 Å². The largest absolute Gasteiger partial charge is 0.373 e. The standard InChI is InChI=1S/C23H32N4O3S.HI/c1-3-25-23(26-15-18-6-4-8-21(14-18)31(24,28)29)27-16-20-7-5-13-30-22(20)19-11-9-17(2)10-12-19;/h4,6,8-12,14,20,22H,3,5,7,13,15-16H2,1-2H3,(H2,24,28,29)(H2,25,26,27);1H. The van der Waals surface area contributed by atoms with Gasteiger partial charge in [-0.2, -0.15) is 0 Å². The number of halogens is 1. The third-order valence-electron chi connectivity index (χ3n) is 5.37. The molecule has 4 N–H and O–H groups in total. The van der Waals surface area contributed by atoms with Crippen LogP contribution in [0.5, 0.6) is 0 Å². The molecule has 1 fully saturated rings. The first-order valence-electron chi connectivity index (χ1n) is 10.7. The summed E-state index contributed by atoms with van der Waals surface area (Å²) in [6.45, 7) is 6.69. The van der Waals surface area contributed by atoms with Crippen molar-refractivity contribution in [1.82, 2.24) is 10.6 Å². The summed E-state index contributed by atoms with van der Waals surface area (Å²) in [6.07, 6.45) is 2.19. The van der Waals surface area contributed by atoms with Crippen molar-refractivity contribution in [1.29, 1.82) is 0 Å². The molecule has 2 atom stereocenters. The van der Waals surface area contributed by atoms with E-state index in [1.807, 2.05) is 13.0 Å². The van der Waals surface area contributed by atoms with Gasteiger partial charge in [0, 0.05) is 25.6 Å². The van der Waals surface area contributed by atoms with E-state index < -0.39 is 10.0 Å². The van der Waals surface area contributed by atoms with Gasteiger partial charge in [0.15, 0.2) is 5.96 Å². The predicted molar refractivity (Wildman–Crippen MR) is 139 cm³/mol. The molecule has 176 valence electrons. The van der Waals surface area contributed by atoms with E-state index >= 15 is 0 Å². The number of ether oxygens (including phenoxy) is 1. The molecule has 0 amide bonds. The van der Waals surface area contributed by atoms with Gasteiger partial charge in [-0.25, -0.2) is 18.5 Å². The third-order valence-corrected chi connectivity index (χ3v) is 6.28. The van der Waals surface area contributed by atoms with Crippen LogP contribution in [0.2, 0.25) is 0 Å². The molecule has 0 aromatic heterocycles. The van der Waals surface area contributed by atoms with Crippen molar-refractivity contribution in [2.45, 2.75) is 44.2 Å². The summed E-state index contributed by atoms with van der Waals surface area (Å²) in [5, 5.41) is 11.9. The summed E-state index contributed by atoms with van der Waals surface area (Å²) in [5.74, 6) is 1.03. The zero-order chi connectivity index (χ0) is 22.3. The Labute approximate surface area is 208 Å². The fourth-order valence-corrected chi connectivity index (χ4v) is 4.32. The molecule has 7 nitrogen and oxygen atoms in total. The predicted octanol–water partition coefficient (Wildman–Crippen LogP) is 3.48. The zero-order valence-corrected chi connectivity index (χ0v) is 21.7. The maximum absolute atomic E-state index is 11.6. The van der Waals surface area contributed by atoms with Crippen molar-refractivity contribution >= 4 is 40.0 Å². The molecule has 1 aliphatic heterocycles. The van der Waals surface area contributed by atoms with Crippen molar-refractivity contribution in [2.75, 3.05) is 19.7 Å². The topological polar surface area (TPSA) is 106 Å². The van der Waals surface area contributed by atoms with E-state index in [1.165, 1.54) is 17.2 Å². The van der Waals surface area contributed by atoms with E-state index in [0.29, 0.717) is 18.4 Å². The smallest absolute Gasteiger partial charge is 0.238 e. The lowest BCUT2D eigenvalue weighted by molar-refractivity contribution is -0.0265. The zero-order valence-electron chi connectivity index (χ0n) is 18.6. The molecular weight excluding hydrogens is 539 g/mol. The Bertz CT molecular complexity index is 997. The molecule has 0 bridgehead atoms. The molecule has 0 saturated carbocycles. The molecule has 9 heteroatoms. The fourth-order valence-electron chi connectivity index (χ4n) is 3.74. The van der Waals surface area contributed by atoms with Gasteiger partial charge in [0.2, 0.25) is 10.0 Å². The molecule has 2 aromatic carbocycles. The van der Waals surface area contributed by atoms with E-state index in [2.05, 4.69) is 46.8 Å². The normalized spacial score (nSPS) is 19.2. The first-order valence-corrected chi connectivity index (χ1v) is 12.2. The number of benzene rings is 2. The number of nitrogens with two attached hydrogens (primary N) is 1. The van der Waals surface area contributed by atoms with Crippen LogP contribution < -0.4 is 15.8 Å². The van der Waals surface area contributed by atoms with Gasteiger partial charge < -0.3 is 15.4 Å². The Hall–Kier alpha value is -1.69. The molecule has 3 rings (SSSR count). The van der Waals surface area contributed by atoms with Crippen molar-refractivity contribution in [3.05, 3.63) is 65.2 Å². The highest BCUT2D eigenvalue weighted by atomic mass is 127. The van der Waals surface area contributed by atoms with Crippen molar-refractivity contribution < 1.29 is 13.2 Å². The van der Waals surface area contributed by atoms with Gasteiger partial charge in [0.1, 0.15) is 0 Å². The van der Waals surface area contributed by atoms with Crippen LogP contribution in [0.15, 0.2) is 58.4 Å². The van der Waals surface area contributed by atoms with Crippen LogP contribution in [0, 0.1) is 12.8 Å². The molecule has 0 radical (unpaired) electrons. The number of aliphatic imine (C=N–C) groups is 1. The highest BCUT2D eigenvalue weighted by Gasteiger charge is 2.27. The fraction of sp³-hybridized carbons (Fsp3) is 0.435. The van der Waals surface area contributed by atoms with Crippen LogP contribution in [0.1, 0.15) is 42.6 Å². The number of hydrogen-bond acceptors (Lipinski definition) is 4. The van der Waals surface area contributed by atoms with E-state index in [4.69, 9.17) is 9.88 Å². The Morgan fingerprint density at radius 3 is 2.62 bits per heavy atom. The summed E-state index contributed by atoms with van der Waals surface area (Å²) in [5.41, 5.74) is 3.23. The number of rotatable bonds is 7. The summed E-state index contributed by atoms with van der Waals surface area (Å²) >= 11 is 0. The van der Waals surface area contributed by atoms with Crippen LogP contribution >= 0.6 is 24.0 Å². The average molecular weight is 573 g/mol. The van der Waals surface area contributed by atoms with Gasteiger partial charge in [-0.1, -0.05) is 42.0 Å². The maximum Gasteiger partial charge on any atom is 0.238 e. The second-order valence-electron chi connectivity index (χ2n) is 7.87. The average Bonchev–Trinajstić information content (AvgIpc) is 2.76. The molecular formula is C23H33IN4O3S. The van der Waals surface area contributed by atoms with Crippen molar-refractivity contribution in [2.24, 2.45) is 16.0 Å². The second kappa shape index (κ2) is 12.5. The minimum Gasteiger partial charge on any atom is -0.373 e. The Morgan fingerprint density at radius 2 is 1.94 bits per heavy atom. The number of aryl methyl sites for hydroxylation is 1. The van der Waals surface area contributed by atoms with Gasteiger partial charge >= 0.3 is 0 Å². The van der Waals surface area contributed by atoms with Gasteiger partial charge in [-0.3, -0.25) is 0 Å². The quantitative estimate of drug-likeness (QED) is 0.268. The molecule has 1 aliphatic rings. The maximum atomic E-state index is 11.6. The molecule has 0 spiro atoms. The van der Waals surface area contributed by atoms with Gasteiger partial charge in [0.05, 0.1) is 17.5 Å². The van der Waals surface area contributed by atoms with Crippen molar-refractivity contribution in [3.8, 4) is 0 Å². The number of hydrogen-bond donors (Lipinski definition) is 3. The van der Waals surface area contributed by atoms with Gasteiger partial charge in [0.25, 0.3) is 0 Å². The number of primary sulfonamides is 1. The van der Waals surface area contributed by atoms with Crippen LogP contribution in [0.4, 0.5) is 0 Å². The molecule has 32 heavy (non-hydrogen) atoms. The summed E-state index contributed by atoms with van der Waals surface area (Å²) in [4.78, 5) is 4.71. The third kappa shape index (κ3) is 7.72. The van der Waals surface area contributed by atoms with Gasteiger partial charge in [-0.05, 0) is 49.9 Å².